The van der Waals surface area contributed by atoms with Gasteiger partial charge < -0.3 is 10.6 Å². The van der Waals surface area contributed by atoms with Crippen LogP contribution in [-0.4, -0.2) is 20.2 Å². The molecule has 8 heteroatoms. The van der Waals surface area contributed by atoms with Crippen molar-refractivity contribution in [3.63, 3.8) is 0 Å². The van der Waals surface area contributed by atoms with Crippen molar-refractivity contribution >= 4 is 15.9 Å². The van der Waals surface area contributed by atoms with Crippen LogP contribution in [0.15, 0.2) is 36.4 Å². The maximum atomic E-state index is 14.0. The molecule has 2 aromatic carbocycles. The minimum atomic E-state index is -3.33. The van der Waals surface area contributed by atoms with Gasteiger partial charge in [0.15, 0.2) is 9.84 Å². The number of amides is 2. The minimum Gasteiger partial charge on any atom is -0.331 e. The number of carbonyl (C=O) groups is 1. The van der Waals surface area contributed by atoms with Crippen LogP contribution in [-0.2, 0) is 22.0 Å². The van der Waals surface area contributed by atoms with Gasteiger partial charge in [-0.25, -0.2) is 22.0 Å². The zero-order valence-corrected chi connectivity index (χ0v) is 15.9. The maximum Gasteiger partial charge on any atom is 0.315 e. The second-order valence-electron chi connectivity index (χ2n) is 7.32. The summed E-state index contributed by atoms with van der Waals surface area (Å²) in [6.07, 6.45) is 1.72. The first-order valence-corrected chi connectivity index (χ1v) is 11.0. The Balaban J connectivity index is 1.54. The average molecular weight is 406 g/mol. The fraction of sp³-hybridized carbons (Fsp3) is 0.350. The summed E-state index contributed by atoms with van der Waals surface area (Å²) >= 11 is 0. The third-order valence-corrected chi connectivity index (χ3v) is 6.92. The minimum absolute atomic E-state index is 0.0441. The van der Waals surface area contributed by atoms with Crippen LogP contribution in [0.4, 0.5) is 13.6 Å². The first kappa shape index (κ1) is 18.9. The first-order valence-electron chi connectivity index (χ1n) is 9.15. The van der Waals surface area contributed by atoms with Crippen molar-refractivity contribution in [1.82, 2.24) is 10.6 Å². The Morgan fingerprint density at radius 2 is 1.79 bits per heavy atom. The molecule has 0 fully saturated rings. The molecular formula is C20H20F2N2O3S. The molecule has 4 rings (SSSR count). The molecule has 0 spiro atoms. The van der Waals surface area contributed by atoms with E-state index in [2.05, 4.69) is 10.6 Å². The molecule has 1 unspecified atom stereocenters. The van der Waals surface area contributed by atoms with Crippen LogP contribution in [0, 0.1) is 11.6 Å². The van der Waals surface area contributed by atoms with Crippen molar-refractivity contribution in [3.05, 3.63) is 70.3 Å². The summed E-state index contributed by atoms with van der Waals surface area (Å²) in [6.45, 7) is 0. The Morgan fingerprint density at radius 3 is 2.61 bits per heavy atom. The van der Waals surface area contributed by atoms with Crippen LogP contribution >= 0.6 is 0 Å². The predicted octanol–water partition coefficient (Wildman–Crippen LogP) is 3.31. The monoisotopic (exact) mass is 406 g/mol. The van der Waals surface area contributed by atoms with Gasteiger partial charge in [0, 0.05) is 6.07 Å². The molecule has 2 N–H and O–H groups in total. The summed E-state index contributed by atoms with van der Waals surface area (Å²) in [4.78, 5) is 12.6. The standard InChI is InChI=1S/C20H20F2N2O3S/c21-13-8-16-15(17(22)9-13)6-3-7-18(16)23-20(25)24-19-11-28(26,27)10-12-4-1-2-5-14(12)19/h1-2,4-5,8-9,18-19H,3,6-7,10-11H2,(H2,23,24,25)/t18-,19?/m1/s1. The van der Waals surface area contributed by atoms with Crippen LogP contribution in [0.5, 0.6) is 0 Å². The van der Waals surface area contributed by atoms with Crippen molar-refractivity contribution in [1.29, 1.82) is 0 Å². The molecule has 0 saturated carbocycles. The molecule has 0 radical (unpaired) electrons. The van der Waals surface area contributed by atoms with E-state index >= 15 is 0 Å². The lowest BCUT2D eigenvalue weighted by molar-refractivity contribution is 0.232. The van der Waals surface area contributed by atoms with Crippen molar-refractivity contribution < 1.29 is 22.0 Å². The van der Waals surface area contributed by atoms with Gasteiger partial charge in [0.2, 0.25) is 0 Å². The Hall–Kier alpha value is -2.48. The molecule has 1 heterocycles. The Labute approximate surface area is 162 Å². The molecular weight excluding hydrogens is 386 g/mol. The van der Waals surface area contributed by atoms with Crippen molar-refractivity contribution in [2.45, 2.75) is 37.1 Å². The number of halogens is 2. The molecule has 5 nitrogen and oxygen atoms in total. The zero-order valence-electron chi connectivity index (χ0n) is 15.0. The topological polar surface area (TPSA) is 75.3 Å². The summed E-state index contributed by atoms with van der Waals surface area (Å²) in [5.74, 6) is -1.51. The highest BCUT2D eigenvalue weighted by Gasteiger charge is 2.31. The van der Waals surface area contributed by atoms with Crippen molar-refractivity contribution in [3.8, 4) is 0 Å². The molecule has 2 aromatic rings. The number of hydrogen-bond donors (Lipinski definition) is 2. The lowest BCUT2D eigenvalue weighted by atomic mass is 9.87. The van der Waals surface area contributed by atoms with E-state index in [-0.39, 0.29) is 11.5 Å². The number of carbonyl (C=O) groups excluding carboxylic acids is 1. The van der Waals surface area contributed by atoms with E-state index in [0.29, 0.717) is 36.0 Å². The molecule has 0 saturated heterocycles. The Kier molecular flexibility index (Phi) is 4.82. The molecule has 2 aliphatic rings. The molecule has 148 valence electrons. The third kappa shape index (κ3) is 3.73. The van der Waals surface area contributed by atoms with E-state index in [1.807, 2.05) is 0 Å². The number of sulfone groups is 1. The van der Waals surface area contributed by atoms with Gasteiger partial charge in [-0.05, 0) is 47.6 Å². The van der Waals surface area contributed by atoms with Crippen LogP contribution in [0.1, 0.15) is 47.2 Å². The number of urea groups is 1. The highest BCUT2D eigenvalue weighted by Crippen LogP contribution is 2.32. The largest absolute Gasteiger partial charge is 0.331 e. The van der Waals surface area contributed by atoms with Crippen molar-refractivity contribution in [2.75, 3.05) is 5.75 Å². The molecule has 2 atom stereocenters. The van der Waals surface area contributed by atoms with Gasteiger partial charge in [-0.2, -0.15) is 0 Å². The van der Waals surface area contributed by atoms with Gasteiger partial charge in [0.1, 0.15) is 11.6 Å². The third-order valence-electron chi connectivity index (χ3n) is 5.33. The summed E-state index contributed by atoms with van der Waals surface area (Å²) in [5.41, 5.74) is 2.30. The molecule has 2 amide bonds. The quantitative estimate of drug-likeness (QED) is 0.804. The van der Waals surface area contributed by atoms with E-state index in [0.717, 1.165) is 11.6 Å². The molecule has 0 aromatic heterocycles. The second-order valence-corrected chi connectivity index (χ2v) is 9.43. The van der Waals surface area contributed by atoms with Crippen LogP contribution in [0.2, 0.25) is 0 Å². The Morgan fingerprint density at radius 1 is 1.04 bits per heavy atom. The van der Waals surface area contributed by atoms with Gasteiger partial charge >= 0.3 is 6.03 Å². The van der Waals surface area contributed by atoms with Gasteiger partial charge in [-0.1, -0.05) is 24.3 Å². The number of benzene rings is 2. The fourth-order valence-electron chi connectivity index (χ4n) is 4.11. The molecule has 1 aliphatic carbocycles. The smallest absolute Gasteiger partial charge is 0.315 e. The van der Waals surface area contributed by atoms with Gasteiger partial charge in [0.05, 0.1) is 23.6 Å². The van der Waals surface area contributed by atoms with Crippen LogP contribution in [0.3, 0.4) is 0 Å². The van der Waals surface area contributed by atoms with Gasteiger partial charge in [0.25, 0.3) is 0 Å². The zero-order chi connectivity index (χ0) is 19.9. The van der Waals surface area contributed by atoms with E-state index in [1.54, 1.807) is 24.3 Å². The van der Waals surface area contributed by atoms with Crippen LogP contribution in [0.25, 0.3) is 0 Å². The van der Waals surface area contributed by atoms with E-state index in [9.17, 15) is 22.0 Å². The Bertz CT molecular complexity index is 1040. The number of fused-ring (bicyclic) bond motifs is 2. The maximum absolute atomic E-state index is 14.0. The SMILES string of the molecule is O=C(NC1CS(=O)(=O)Cc2ccccc21)N[C@@H]1CCCc2c(F)cc(F)cc21. The lowest BCUT2D eigenvalue weighted by Gasteiger charge is -2.30. The molecule has 1 aliphatic heterocycles. The van der Waals surface area contributed by atoms with Gasteiger partial charge in [-0.3, -0.25) is 0 Å². The van der Waals surface area contributed by atoms with E-state index < -0.39 is 39.6 Å². The van der Waals surface area contributed by atoms with E-state index in [1.165, 1.54) is 6.07 Å². The first-order chi connectivity index (χ1) is 13.3. The predicted molar refractivity (Wildman–Crippen MR) is 100 cm³/mol. The van der Waals surface area contributed by atoms with Gasteiger partial charge in [-0.15, -0.1) is 0 Å². The van der Waals surface area contributed by atoms with Crippen LogP contribution < -0.4 is 10.6 Å². The highest BCUT2D eigenvalue weighted by molar-refractivity contribution is 7.90. The molecule has 28 heavy (non-hydrogen) atoms. The summed E-state index contributed by atoms with van der Waals surface area (Å²) in [6, 6.07) is 7.46. The second kappa shape index (κ2) is 7.16. The van der Waals surface area contributed by atoms with E-state index in [4.69, 9.17) is 0 Å². The normalized spacial score (nSPS) is 22.6. The average Bonchev–Trinajstić information content (AvgIpc) is 2.61. The number of hydrogen-bond acceptors (Lipinski definition) is 3. The highest BCUT2D eigenvalue weighted by atomic mass is 32.2. The van der Waals surface area contributed by atoms with Crippen molar-refractivity contribution in [2.24, 2.45) is 0 Å². The lowest BCUT2D eigenvalue weighted by Crippen LogP contribution is -2.44. The summed E-state index contributed by atoms with van der Waals surface area (Å²) < 4.78 is 52.0. The number of rotatable bonds is 2. The fourth-order valence-corrected chi connectivity index (χ4v) is 5.73. The molecule has 0 bridgehead atoms. The number of nitrogens with one attached hydrogen (secondary N) is 2. The summed E-state index contributed by atoms with van der Waals surface area (Å²) in [5, 5.41) is 5.48. The summed E-state index contributed by atoms with van der Waals surface area (Å²) in [7, 11) is -3.33.